The number of rotatable bonds is 7. The van der Waals surface area contributed by atoms with E-state index in [9.17, 15) is 0 Å². The maximum absolute atomic E-state index is 3.61. The summed E-state index contributed by atoms with van der Waals surface area (Å²) in [7, 11) is -1.03. The smallest absolute Gasteiger partial charge is 0.0449 e. The van der Waals surface area contributed by atoms with E-state index in [-0.39, 0.29) is 0 Å². The highest BCUT2D eigenvalue weighted by Gasteiger charge is 2.22. The molecule has 0 saturated carbocycles. The minimum absolute atomic E-state index is 0.685. The molecule has 0 fully saturated rings. The summed E-state index contributed by atoms with van der Waals surface area (Å²) >= 11 is 0. The summed E-state index contributed by atoms with van der Waals surface area (Å²) in [5, 5.41) is 3.61. The van der Waals surface area contributed by atoms with Crippen molar-refractivity contribution in [3.05, 3.63) is 35.4 Å². The number of hydrogen-bond acceptors (Lipinski definition) is 1. The van der Waals surface area contributed by atoms with Gasteiger partial charge < -0.3 is 5.32 Å². The Morgan fingerprint density at radius 3 is 2.39 bits per heavy atom. The molecule has 1 unspecified atom stereocenters. The van der Waals surface area contributed by atoms with Gasteiger partial charge in [-0.05, 0) is 43.0 Å². The minimum atomic E-state index is -1.03. The van der Waals surface area contributed by atoms with Crippen molar-refractivity contribution >= 4 is 8.07 Å². The van der Waals surface area contributed by atoms with Crippen LogP contribution in [-0.2, 0) is 0 Å². The van der Waals surface area contributed by atoms with E-state index in [2.05, 4.69) is 63.1 Å². The monoisotopic (exact) mass is 263 g/mol. The number of aryl methyl sites for hydroxylation is 1. The second-order valence-corrected chi connectivity index (χ2v) is 12.1. The van der Waals surface area contributed by atoms with Gasteiger partial charge in [-0.1, -0.05) is 50.8 Å². The molecule has 0 amide bonds. The van der Waals surface area contributed by atoms with Gasteiger partial charge in [0.2, 0.25) is 0 Å². The van der Waals surface area contributed by atoms with Crippen LogP contribution in [0.25, 0.3) is 0 Å². The van der Waals surface area contributed by atoms with Crippen molar-refractivity contribution in [3.63, 3.8) is 0 Å². The fraction of sp³-hybridized carbons (Fsp3) is 0.625. The molecular formula is C16H29NSi. The van der Waals surface area contributed by atoms with E-state index in [1.165, 1.54) is 18.0 Å². The first-order chi connectivity index (χ1) is 8.44. The van der Waals surface area contributed by atoms with Crippen molar-refractivity contribution < 1.29 is 0 Å². The van der Waals surface area contributed by atoms with Gasteiger partial charge in [0.25, 0.3) is 0 Å². The fourth-order valence-corrected chi connectivity index (χ4v) is 4.37. The Morgan fingerprint density at radius 2 is 1.83 bits per heavy atom. The molecule has 1 rings (SSSR count). The second-order valence-electron chi connectivity index (χ2n) is 6.52. The molecular weight excluding hydrogens is 234 g/mol. The third-order valence-electron chi connectivity index (χ3n) is 3.30. The predicted octanol–water partition coefficient (Wildman–Crippen LogP) is 4.42. The summed E-state index contributed by atoms with van der Waals surface area (Å²) in [6.45, 7) is 14.1. The summed E-state index contributed by atoms with van der Waals surface area (Å²) in [4.78, 5) is 0. The van der Waals surface area contributed by atoms with Crippen molar-refractivity contribution in [2.24, 2.45) is 0 Å². The molecule has 1 atom stereocenters. The van der Waals surface area contributed by atoms with Crippen LogP contribution in [0.2, 0.25) is 25.7 Å². The molecule has 0 aliphatic rings. The van der Waals surface area contributed by atoms with Crippen LogP contribution in [0, 0.1) is 6.92 Å². The van der Waals surface area contributed by atoms with Crippen molar-refractivity contribution in [1.29, 1.82) is 0 Å². The van der Waals surface area contributed by atoms with Crippen LogP contribution in [0.4, 0.5) is 0 Å². The lowest BCUT2D eigenvalue weighted by Gasteiger charge is -2.26. The van der Waals surface area contributed by atoms with Gasteiger partial charge in [0.15, 0.2) is 0 Å². The van der Waals surface area contributed by atoms with Crippen LogP contribution < -0.4 is 5.32 Å². The van der Waals surface area contributed by atoms with Crippen LogP contribution in [0.3, 0.4) is 0 Å². The van der Waals surface area contributed by atoms with Crippen LogP contribution >= 0.6 is 0 Å². The summed E-state index contributed by atoms with van der Waals surface area (Å²) in [6, 6.07) is 10.2. The predicted molar refractivity (Wildman–Crippen MR) is 85.2 cm³/mol. The number of nitrogens with one attached hydrogen (secondary N) is 1. The van der Waals surface area contributed by atoms with Crippen LogP contribution in [0.1, 0.15) is 30.4 Å². The average Bonchev–Trinajstić information content (AvgIpc) is 2.27. The van der Waals surface area contributed by atoms with Gasteiger partial charge in [0.1, 0.15) is 0 Å². The van der Waals surface area contributed by atoms with Gasteiger partial charge in [-0.25, -0.2) is 0 Å². The number of hydrogen-bond donors (Lipinski definition) is 1. The summed E-state index contributed by atoms with van der Waals surface area (Å²) in [6.07, 6.45) is 1.22. The fourth-order valence-electron chi connectivity index (χ4n) is 2.53. The standard InChI is InChI=1S/C16H29NSi/c1-6-11-17-12-15(13-18(3,4)5)16-10-8-7-9-14(16)2/h7-10,15,17H,6,11-13H2,1-5H3. The molecule has 1 N–H and O–H groups in total. The van der Waals surface area contributed by atoms with Crippen molar-refractivity contribution in [2.45, 2.75) is 51.9 Å². The molecule has 1 aromatic rings. The molecule has 0 bridgehead atoms. The second kappa shape index (κ2) is 7.10. The molecule has 2 heteroatoms. The Bertz CT molecular complexity index is 354. The Labute approximate surface area is 114 Å². The first kappa shape index (κ1) is 15.5. The molecule has 1 nitrogen and oxygen atoms in total. The highest BCUT2D eigenvalue weighted by Crippen LogP contribution is 2.28. The molecule has 0 aliphatic carbocycles. The molecule has 1 aromatic carbocycles. The zero-order valence-corrected chi connectivity index (χ0v) is 13.7. The maximum Gasteiger partial charge on any atom is 0.0449 e. The Balaban J connectivity index is 2.80. The quantitative estimate of drug-likeness (QED) is 0.567. The van der Waals surface area contributed by atoms with Gasteiger partial charge in [-0.3, -0.25) is 0 Å². The van der Waals surface area contributed by atoms with Crippen LogP contribution in [-0.4, -0.2) is 21.2 Å². The normalized spacial score (nSPS) is 13.6. The molecule has 18 heavy (non-hydrogen) atoms. The Kier molecular flexibility index (Phi) is 6.10. The zero-order valence-electron chi connectivity index (χ0n) is 12.7. The van der Waals surface area contributed by atoms with Crippen LogP contribution in [0.5, 0.6) is 0 Å². The van der Waals surface area contributed by atoms with Crippen LogP contribution in [0.15, 0.2) is 24.3 Å². The van der Waals surface area contributed by atoms with E-state index in [0.29, 0.717) is 5.92 Å². The summed E-state index contributed by atoms with van der Waals surface area (Å²) in [5.41, 5.74) is 2.99. The van der Waals surface area contributed by atoms with Gasteiger partial charge in [0, 0.05) is 14.6 Å². The molecule has 0 radical (unpaired) electrons. The van der Waals surface area contributed by atoms with Gasteiger partial charge in [0.05, 0.1) is 0 Å². The highest BCUT2D eigenvalue weighted by atomic mass is 28.3. The molecule has 0 aromatic heterocycles. The van der Waals surface area contributed by atoms with Crippen molar-refractivity contribution in [3.8, 4) is 0 Å². The minimum Gasteiger partial charge on any atom is -0.316 e. The largest absolute Gasteiger partial charge is 0.316 e. The van der Waals surface area contributed by atoms with Crippen molar-refractivity contribution in [2.75, 3.05) is 13.1 Å². The lowest BCUT2D eigenvalue weighted by atomic mass is 9.96. The van der Waals surface area contributed by atoms with E-state index in [1.807, 2.05) is 0 Å². The van der Waals surface area contributed by atoms with E-state index >= 15 is 0 Å². The lowest BCUT2D eigenvalue weighted by molar-refractivity contribution is 0.603. The van der Waals surface area contributed by atoms with Gasteiger partial charge >= 0.3 is 0 Å². The van der Waals surface area contributed by atoms with Gasteiger partial charge in [-0.15, -0.1) is 0 Å². The first-order valence-electron chi connectivity index (χ1n) is 7.20. The third-order valence-corrected chi connectivity index (χ3v) is 5.02. The molecule has 0 aliphatic heterocycles. The van der Waals surface area contributed by atoms with Gasteiger partial charge in [-0.2, -0.15) is 0 Å². The van der Waals surface area contributed by atoms with E-state index in [0.717, 1.165) is 13.1 Å². The topological polar surface area (TPSA) is 12.0 Å². The molecule has 0 saturated heterocycles. The van der Waals surface area contributed by atoms with E-state index < -0.39 is 8.07 Å². The van der Waals surface area contributed by atoms with E-state index in [1.54, 1.807) is 5.56 Å². The van der Waals surface area contributed by atoms with Crippen molar-refractivity contribution in [1.82, 2.24) is 5.32 Å². The number of benzene rings is 1. The zero-order chi connectivity index (χ0) is 13.6. The van der Waals surface area contributed by atoms with E-state index in [4.69, 9.17) is 0 Å². The lowest BCUT2D eigenvalue weighted by Crippen LogP contribution is -2.30. The first-order valence-corrected chi connectivity index (χ1v) is 10.9. The Hall–Kier alpha value is -0.603. The Morgan fingerprint density at radius 1 is 1.17 bits per heavy atom. The summed E-state index contributed by atoms with van der Waals surface area (Å²) < 4.78 is 0. The third kappa shape index (κ3) is 5.36. The molecule has 102 valence electrons. The molecule has 0 spiro atoms. The SMILES string of the molecule is CCCNCC(C[Si](C)(C)C)c1ccccc1C. The summed E-state index contributed by atoms with van der Waals surface area (Å²) in [5.74, 6) is 0.685. The highest BCUT2D eigenvalue weighted by molar-refractivity contribution is 6.76. The average molecular weight is 264 g/mol. The maximum atomic E-state index is 3.61. The molecule has 0 heterocycles.